The molecule has 3 fully saturated rings. The van der Waals surface area contributed by atoms with Crippen molar-refractivity contribution in [3.8, 4) is 0 Å². The van der Waals surface area contributed by atoms with Crippen molar-refractivity contribution in [2.45, 2.75) is 49.4 Å². The van der Waals surface area contributed by atoms with Gasteiger partial charge in [-0.3, -0.25) is 4.79 Å². The number of urea groups is 1. The van der Waals surface area contributed by atoms with E-state index in [9.17, 15) is 9.59 Å². The fraction of sp³-hybridized carbons (Fsp3) is 0.905. The smallest absolute Gasteiger partial charge is 0.315 e. The van der Waals surface area contributed by atoms with Crippen molar-refractivity contribution in [1.29, 1.82) is 0 Å². The number of carbonyl (C=O) groups excluding carboxylic acids is 2. The van der Waals surface area contributed by atoms with E-state index < -0.39 is 0 Å². The molecule has 0 bridgehead atoms. The molecule has 0 radical (unpaired) electrons. The number of amides is 3. The molecule has 3 saturated heterocycles. The summed E-state index contributed by atoms with van der Waals surface area (Å²) in [7, 11) is 0. The summed E-state index contributed by atoms with van der Waals surface area (Å²) in [6.07, 6.45) is 4.60. The first-order valence-corrected chi connectivity index (χ1v) is 13.1. The van der Waals surface area contributed by atoms with Crippen molar-refractivity contribution < 1.29 is 9.59 Å². The van der Waals surface area contributed by atoms with Gasteiger partial charge in [0.1, 0.15) is 0 Å². The van der Waals surface area contributed by atoms with Crippen LogP contribution in [0.5, 0.6) is 0 Å². The van der Waals surface area contributed by atoms with Crippen LogP contribution in [0.2, 0.25) is 0 Å². The molecular weight excluding hydrogens is 414 g/mol. The topological polar surface area (TPSA) is 110 Å². The number of nitrogens with one attached hydrogen (secondary N) is 6. The molecule has 6 N–H and O–H groups in total. The fourth-order valence-electron chi connectivity index (χ4n) is 4.43. The molecule has 3 aliphatic heterocycles. The molecule has 0 saturated carbocycles. The van der Waals surface area contributed by atoms with E-state index in [1.165, 1.54) is 0 Å². The number of unbranched alkanes of at least 4 members (excludes halogenated alkanes) is 1. The Balaban J connectivity index is 1.20. The lowest BCUT2D eigenvalue weighted by Crippen LogP contribution is -2.42. The van der Waals surface area contributed by atoms with Crippen molar-refractivity contribution in [3.63, 3.8) is 0 Å². The van der Waals surface area contributed by atoms with Gasteiger partial charge in [-0.05, 0) is 25.8 Å². The normalized spacial score (nSPS) is 28.1. The predicted molar refractivity (Wildman–Crippen MR) is 127 cm³/mol. The minimum absolute atomic E-state index is 0.0303. The zero-order valence-corrected chi connectivity index (χ0v) is 19.5. The first-order chi connectivity index (χ1) is 15.2. The molecule has 31 heavy (non-hydrogen) atoms. The van der Waals surface area contributed by atoms with Gasteiger partial charge in [0, 0.05) is 76.3 Å². The van der Waals surface area contributed by atoms with Crippen LogP contribution in [0, 0.1) is 0 Å². The third kappa shape index (κ3) is 9.13. The van der Waals surface area contributed by atoms with Crippen molar-refractivity contribution in [2.75, 3.05) is 71.2 Å². The molecular formula is C21H41N7O2S. The molecule has 0 unspecified atom stereocenters. The quantitative estimate of drug-likeness (QED) is 0.202. The Bertz CT molecular complexity index is 542. The third-order valence-corrected chi connectivity index (χ3v) is 7.73. The van der Waals surface area contributed by atoms with E-state index in [4.69, 9.17) is 0 Å². The monoisotopic (exact) mass is 455 g/mol. The van der Waals surface area contributed by atoms with Gasteiger partial charge in [0.25, 0.3) is 0 Å². The number of hydrogen-bond donors (Lipinski definition) is 6. The summed E-state index contributed by atoms with van der Waals surface area (Å²) in [5.41, 5.74) is 0. The van der Waals surface area contributed by atoms with Gasteiger partial charge < -0.3 is 36.8 Å². The van der Waals surface area contributed by atoms with Gasteiger partial charge in [-0.15, -0.1) is 0 Å². The summed E-state index contributed by atoms with van der Waals surface area (Å²) in [6.45, 7) is 9.93. The molecule has 3 amide bonds. The van der Waals surface area contributed by atoms with E-state index in [-0.39, 0.29) is 24.0 Å². The van der Waals surface area contributed by atoms with Gasteiger partial charge in [0.2, 0.25) is 5.91 Å². The zero-order valence-electron chi connectivity index (χ0n) is 18.7. The molecule has 10 heteroatoms. The summed E-state index contributed by atoms with van der Waals surface area (Å²) in [6, 6.07) is 0.516. The minimum atomic E-state index is -0.0303. The molecule has 3 atom stereocenters. The largest absolute Gasteiger partial charge is 0.356 e. The van der Waals surface area contributed by atoms with Crippen LogP contribution >= 0.6 is 11.8 Å². The number of nitrogens with zero attached hydrogens (tertiary/aromatic N) is 1. The van der Waals surface area contributed by atoms with Crippen LogP contribution in [0.15, 0.2) is 0 Å². The number of rotatable bonds is 9. The molecule has 0 spiro atoms. The molecule has 0 aromatic rings. The maximum atomic E-state index is 12.1. The van der Waals surface area contributed by atoms with Gasteiger partial charge in [-0.1, -0.05) is 6.42 Å². The predicted octanol–water partition coefficient (Wildman–Crippen LogP) is -0.697. The standard InChI is InChI=1S/C21H41N7O2S/c29-19(5-2-1-4-18-20-17(16-31-18)26-21(30)27-20)25-6-3-13-28-14-11-23-9-7-22-8-10-24-12-15-28/h17-18,20,22-24H,1-16H2,(H,25,29)(H2,26,27,30)/t17-,18-,20-/m0/s1. The molecule has 9 nitrogen and oxygen atoms in total. The Morgan fingerprint density at radius 1 is 0.968 bits per heavy atom. The molecule has 0 aromatic carbocycles. The maximum absolute atomic E-state index is 12.1. The van der Waals surface area contributed by atoms with Crippen LogP contribution in [0.1, 0.15) is 32.1 Å². The van der Waals surface area contributed by atoms with Gasteiger partial charge in [0.15, 0.2) is 0 Å². The van der Waals surface area contributed by atoms with E-state index in [2.05, 4.69) is 36.8 Å². The highest BCUT2D eigenvalue weighted by Crippen LogP contribution is 2.33. The molecule has 178 valence electrons. The lowest BCUT2D eigenvalue weighted by atomic mass is 10.0. The van der Waals surface area contributed by atoms with E-state index in [1.807, 2.05) is 11.8 Å². The summed E-state index contributed by atoms with van der Waals surface area (Å²) < 4.78 is 0. The number of hydrogen-bond acceptors (Lipinski definition) is 7. The first kappa shape index (κ1) is 24.6. The SMILES string of the molecule is O=C(CCCC[C@@H]1SC[C@@H]2NC(=O)N[C@@H]21)NCCCN1CCNCCNCCNCC1. The number of carbonyl (C=O) groups is 2. The van der Waals surface area contributed by atoms with E-state index >= 15 is 0 Å². The summed E-state index contributed by atoms with van der Waals surface area (Å²) >= 11 is 1.94. The molecule has 0 aliphatic carbocycles. The Kier molecular flexibility index (Phi) is 11.2. The Hall–Kier alpha value is -1.07. The number of thioether (sulfide) groups is 1. The summed E-state index contributed by atoms with van der Waals surface area (Å²) in [5, 5.41) is 20.0. The third-order valence-electron chi connectivity index (χ3n) is 6.22. The highest BCUT2D eigenvalue weighted by Gasteiger charge is 2.42. The second-order valence-corrected chi connectivity index (χ2v) is 9.93. The summed E-state index contributed by atoms with van der Waals surface area (Å²) in [5.74, 6) is 1.16. The van der Waals surface area contributed by atoms with Gasteiger partial charge in [-0.25, -0.2) is 4.79 Å². The summed E-state index contributed by atoms with van der Waals surface area (Å²) in [4.78, 5) is 26.1. The fourth-order valence-corrected chi connectivity index (χ4v) is 5.97. The van der Waals surface area contributed by atoms with E-state index in [1.54, 1.807) is 0 Å². The van der Waals surface area contributed by atoms with Crippen molar-refractivity contribution >= 4 is 23.7 Å². The number of fused-ring (bicyclic) bond motifs is 1. The van der Waals surface area contributed by atoms with Crippen LogP contribution in [0.4, 0.5) is 4.79 Å². The van der Waals surface area contributed by atoms with Gasteiger partial charge in [-0.2, -0.15) is 11.8 Å². The van der Waals surface area contributed by atoms with Crippen LogP contribution in [0.25, 0.3) is 0 Å². The Labute approximate surface area is 191 Å². The maximum Gasteiger partial charge on any atom is 0.315 e. The highest BCUT2D eigenvalue weighted by atomic mass is 32.2. The zero-order chi connectivity index (χ0) is 21.7. The van der Waals surface area contributed by atoms with Crippen molar-refractivity contribution in [2.24, 2.45) is 0 Å². The van der Waals surface area contributed by atoms with E-state index in [0.717, 1.165) is 96.9 Å². The first-order valence-electron chi connectivity index (χ1n) is 12.0. The molecule has 0 aromatic heterocycles. The van der Waals surface area contributed by atoms with Crippen molar-refractivity contribution in [3.05, 3.63) is 0 Å². The van der Waals surface area contributed by atoms with Crippen LogP contribution in [0.3, 0.4) is 0 Å². The highest BCUT2D eigenvalue weighted by molar-refractivity contribution is 8.00. The Morgan fingerprint density at radius 3 is 2.42 bits per heavy atom. The lowest BCUT2D eigenvalue weighted by Gasteiger charge is -2.23. The van der Waals surface area contributed by atoms with Gasteiger partial charge >= 0.3 is 6.03 Å². The average Bonchev–Trinajstić information content (AvgIpc) is 3.29. The van der Waals surface area contributed by atoms with Crippen LogP contribution in [-0.2, 0) is 4.79 Å². The van der Waals surface area contributed by atoms with Crippen LogP contribution < -0.4 is 31.9 Å². The van der Waals surface area contributed by atoms with E-state index in [0.29, 0.717) is 11.7 Å². The van der Waals surface area contributed by atoms with Crippen molar-refractivity contribution in [1.82, 2.24) is 36.8 Å². The Morgan fingerprint density at radius 2 is 1.68 bits per heavy atom. The second kappa shape index (κ2) is 14.2. The minimum Gasteiger partial charge on any atom is -0.356 e. The lowest BCUT2D eigenvalue weighted by molar-refractivity contribution is -0.121. The molecule has 3 aliphatic rings. The molecule has 3 rings (SSSR count). The van der Waals surface area contributed by atoms with Gasteiger partial charge in [0.05, 0.1) is 12.1 Å². The second-order valence-electron chi connectivity index (χ2n) is 8.66. The molecule has 3 heterocycles. The average molecular weight is 456 g/mol. The van der Waals surface area contributed by atoms with Crippen LogP contribution in [-0.4, -0.2) is 105 Å².